The molecule has 0 radical (unpaired) electrons. The largest absolute Gasteiger partial charge is 0.482 e. The number of aliphatic hydroxyl groups is 1. The van der Waals surface area contributed by atoms with Gasteiger partial charge >= 0.3 is 0 Å². The summed E-state index contributed by atoms with van der Waals surface area (Å²) in [7, 11) is 0. The quantitative estimate of drug-likeness (QED) is 0.759. The first-order valence-electron chi connectivity index (χ1n) is 6.85. The molecule has 0 saturated carbocycles. The topological polar surface area (TPSA) is 55.5 Å². The summed E-state index contributed by atoms with van der Waals surface area (Å²) < 4.78 is 7.27. The van der Waals surface area contributed by atoms with Gasteiger partial charge in [-0.05, 0) is 29.1 Å². The smallest absolute Gasteiger partial charge is 0.151 e. The van der Waals surface area contributed by atoms with Crippen molar-refractivity contribution in [1.82, 2.24) is 0 Å². The number of ether oxygens (including phenoxy) is 1. The van der Waals surface area contributed by atoms with Gasteiger partial charge in [0.25, 0.3) is 0 Å². The molecule has 0 aliphatic heterocycles. The Morgan fingerprint density at radius 1 is 1.05 bits per heavy atom. The molecule has 0 aliphatic rings. The van der Waals surface area contributed by atoms with E-state index in [0.717, 1.165) is 16.7 Å². The van der Waals surface area contributed by atoms with Crippen LogP contribution in [0.25, 0.3) is 10.1 Å². The van der Waals surface area contributed by atoms with Gasteiger partial charge in [-0.25, -0.2) is 0 Å². The average molecular weight is 299 g/mol. The van der Waals surface area contributed by atoms with Crippen LogP contribution in [0, 0.1) is 0 Å². The Balaban J connectivity index is 1.97. The molecule has 3 N–H and O–H groups in total. The van der Waals surface area contributed by atoms with E-state index in [-0.39, 0.29) is 6.54 Å². The summed E-state index contributed by atoms with van der Waals surface area (Å²) in [5, 5.41) is 13.3. The molecule has 108 valence electrons. The van der Waals surface area contributed by atoms with Crippen LogP contribution < -0.4 is 10.5 Å². The van der Waals surface area contributed by atoms with Gasteiger partial charge in [-0.3, -0.25) is 0 Å². The predicted molar refractivity (Wildman–Crippen MR) is 86.7 cm³/mol. The zero-order chi connectivity index (χ0) is 14.7. The number of thiophene rings is 1. The molecule has 3 rings (SSSR count). The van der Waals surface area contributed by atoms with Crippen molar-refractivity contribution in [2.45, 2.75) is 12.2 Å². The first kappa shape index (κ1) is 14.1. The molecule has 0 saturated heterocycles. The lowest BCUT2D eigenvalue weighted by Crippen LogP contribution is -2.31. The Kier molecular flexibility index (Phi) is 4.20. The van der Waals surface area contributed by atoms with Gasteiger partial charge in [0.05, 0.1) is 0 Å². The molecule has 3 nitrogen and oxygen atoms in total. The van der Waals surface area contributed by atoms with Crippen LogP contribution in [0.4, 0.5) is 0 Å². The minimum atomic E-state index is -0.749. The Labute approximate surface area is 127 Å². The number of hydrogen-bond acceptors (Lipinski definition) is 4. The summed E-state index contributed by atoms with van der Waals surface area (Å²) in [5.41, 5.74) is 6.55. The highest BCUT2D eigenvalue weighted by Crippen LogP contribution is 2.33. The Hall–Kier alpha value is -1.88. The molecule has 1 aromatic heterocycles. The molecular formula is C17H17NO2S. The number of rotatable bonds is 5. The lowest BCUT2D eigenvalue weighted by atomic mass is 10.0. The van der Waals surface area contributed by atoms with Crippen molar-refractivity contribution >= 4 is 21.4 Å². The zero-order valence-corrected chi connectivity index (χ0v) is 12.3. The minimum Gasteiger partial charge on any atom is -0.482 e. The molecule has 0 amide bonds. The third-order valence-electron chi connectivity index (χ3n) is 3.43. The normalized spacial score (nSPS) is 14.0. The van der Waals surface area contributed by atoms with E-state index in [1.54, 1.807) is 11.3 Å². The molecule has 0 aliphatic carbocycles. The molecule has 2 atom stereocenters. The van der Waals surface area contributed by atoms with Crippen molar-refractivity contribution in [3.63, 3.8) is 0 Å². The molecule has 21 heavy (non-hydrogen) atoms. The van der Waals surface area contributed by atoms with E-state index in [9.17, 15) is 5.11 Å². The summed E-state index contributed by atoms with van der Waals surface area (Å²) in [4.78, 5) is 0. The number of fused-ring (bicyclic) bond motifs is 1. The molecule has 4 heteroatoms. The molecule has 0 spiro atoms. The van der Waals surface area contributed by atoms with Crippen LogP contribution in [-0.4, -0.2) is 17.8 Å². The minimum absolute atomic E-state index is 0.152. The second-order valence-corrected chi connectivity index (χ2v) is 5.79. The van der Waals surface area contributed by atoms with Gasteiger partial charge in [-0.1, -0.05) is 36.4 Å². The molecule has 2 aromatic carbocycles. The van der Waals surface area contributed by atoms with Crippen LogP contribution in [0.5, 0.6) is 5.75 Å². The van der Waals surface area contributed by atoms with Crippen molar-refractivity contribution in [3.8, 4) is 5.75 Å². The van der Waals surface area contributed by atoms with Gasteiger partial charge in [0.2, 0.25) is 0 Å². The van der Waals surface area contributed by atoms with Gasteiger partial charge in [0.1, 0.15) is 11.9 Å². The number of benzene rings is 2. The van der Waals surface area contributed by atoms with Crippen molar-refractivity contribution in [2.75, 3.05) is 6.54 Å². The van der Waals surface area contributed by atoms with Crippen molar-refractivity contribution in [2.24, 2.45) is 5.73 Å². The Morgan fingerprint density at radius 3 is 2.62 bits per heavy atom. The van der Waals surface area contributed by atoms with E-state index < -0.39 is 12.2 Å². The van der Waals surface area contributed by atoms with Crippen LogP contribution >= 0.6 is 11.3 Å². The molecular weight excluding hydrogens is 282 g/mol. The van der Waals surface area contributed by atoms with Crippen LogP contribution in [-0.2, 0) is 0 Å². The fourth-order valence-electron chi connectivity index (χ4n) is 2.34. The molecule has 0 fully saturated rings. The highest BCUT2D eigenvalue weighted by molar-refractivity contribution is 7.17. The second kappa shape index (κ2) is 6.26. The summed E-state index contributed by atoms with van der Waals surface area (Å²) in [6.45, 7) is 0.152. The Bertz CT molecular complexity index is 711. The van der Waals surface area contributed by atoms with E-state index >= 15 is 0 Å². The van der Waals surface area contributed by atoms with Crippen LogP contribution in [0.3, 0.4) is 0 Å². The molecule has 0 bridgehead atoms. The van der Waals surface area contributed by atoms with Gasteiger partial charge in [-0.2, -0.15) is 0 Å². The van der Waals surface area contributed by atoms with E-state index in [1.165, 1.54) is 4.70 Å². The maximum absolute atomic E-state index is 10.2. The van der Waals surface area contributed by atoms with E-state index in [1.807, 2.05) is 53.9 Å². The van der Waals surface area contributed by atoms with Crippen molar-refractivity contribution < 1.29 is 9.84 Å². The molecule has 3 aromatic rings. The van der Waals surface area contributed by atoms with Crippen LogP contribution in [0.15, 0.2) is 60.0 Å². The molecule has 1 heterocycles. The van der Waals surface area contributed by atoms with Gasteiger partial charge < -0.3 is 15.6 Å². The average Bonchev–Trinajstić information content (AvgIpc) is 3.02. The highest BCUT2D eigenvalue weighted by atomic mass is 32.1. The number of hydrogen-bond donors (Lipinski definition) is 2. The monoisotopic (exact) mass is 299 g/mol. The van der Waals surface area contributed by atoms with Gasteiger partial charge in [-0.15, -0.1) is 11.3 Å². The third kappa shape index (κ3) is 2.93. The Morgan fingerprint density at radius 2 is 1.86 bits per heavy atom. The van der Waals surface area contributed by atoms with E-state index in [4.69, 9.17) is 10.5 Å². The van der Waals surface area contributed by atoms with Crippen molar-refractivity contribution in [1.29, 1.82) is 0 Å². The lowest BCUT2D eigenvalue weighted by Gasteiger charge is -2.24. The maximum Gasteiger partial charge on any atom is 0.151 e. The summed E-state index contributed by atoms with van der Waals surface area (Å²) in [6.07, 6.45) is -1.22. The van der Waals surface area contributed by atoms with Gasteiger partial charge in [0.15, 0.2) is 6.10 Å². The van der Waals surface area contributed by atoms with Gasteiger partial charge in [0, 0.05) is 16.6 Å². The summed E-state index contributed by atoms with van der Waals surface area (Å²) >= 11 is 1.67. The van der Waals surface area contributed by atoms with Crippen LogP contribution in [0.1, 0.15) is 11.7 Å². The standard InChI is InChI=1S/C17H17NO2S/c18-11-14(19)17(12-5-2-1-3-6-12)20-15-7-4-8-16-13(15)9-10-21-16/h1-10,14,17,19H,11,18H2. The second-order valence-electron chi connectivity index (χ2n) is 4.84. The fourth-order valence-corrected chi connectivity index (χ4v) is 3.14. The summed E-state index contributed by atoms with van der Waals surface area (Å²) in [6, 6.07) is 17.7. The SMILES string of the molecule is NCC(O)C(Oc1cccc2sccc12)c1ccccc1. The third-order valence-corrected chi connectivity index (χ3v) is 4.31. The molecule has 2 unspecified atom stereocenters. The zero-order valence-electron chi connectivity index (χ0n) is 11.5. The van der Waals surface area contributed by atoms with Crippen LogP contribution in [0.2, 0.25) is 0 Å². The summed E-state index contributed by atoms with van der Waals surface area (Å²) in [5.74, 6) is 0.773. The maximum atomic E-state index is 10.2. The predicted octanol–water partition coefficient (Wildman–Crippen LogP) is 3.34. The van der Waals surface area contributed by atoms with Crippen molar-refractivity contribution in [3.05, 3.63) is 65.5 Å². The fraction of sp³-hybridized carbons (Fsp3) is 0.176. The first-order valence-corrected chi connectivity index (χ1v) is 7.73. The first-order chi connectivity index (χ1) is 10.3. The lowest BCUT2D eigenvalue weighted by molar-refractivity contribution is 0.0423. The van der Waals surface area contributed by atoms with E-state index in [2.05, 4.69) is 6.07 Å². The number of aliphatic hydroxyl groups excluding tert-OH is 1. The number of nitrogens with two attached hydrogens (primary N) is 1. The van der Waals surface area contributed by atoms with E-state index in [0.29, 0.717) is 0 Å². The highest BCUT2D eigenvalue weighted by Gasteiger charge is 2.22.